The molecule has 0 amide bonds. The second-order valence-electron chi connectivity index (χ2n) is 6.63. The Morgan fingerprint density at radius 3 is 2.57 bits per heavy atom. The molecule has 0 radical (unpaired) electrons. The number of aryl methyl sites for hydroxylation is 4. The summed E-state index contributed by atoms with van der Waals surface area (Å²) in [5.74, 6) is 0. The highest BCUT2D eigenvalue weighted by Crippen LogP contribution is 2.40. The second-order valence-corrected chi connectivity index (χ2v) is 6.63. The Bertz CT molecular complexity index is 939. The Labute approximate surface area is 137 Å². The van der Waals surface area contributed by atoms with E-state index in [-0.39, 0.29) is 0 Å². The first kappa shape index (κ1) is 14.1. The standard InChI is InChI=1S/C21H21N2/c1-13-8-9-15(3)18(10-13)21-19-11-17-14(2)6-5-7-16(17)20(19)22-12-23(21)4/h5-10,12H,11H2,1-4H3/q+1. The van der Waals surface area contributed by atoms with Crippen LogP contribution >= 0.6 is 0 Å². The van der Waals surface area contributed by atoms with Gasteiger partial charge in [-0.2, -0.15) is 0 Å². The topological polar surface area (TPSA) is 16.8 Å². The zero-order valence-electron chi connectivity index (χ0n) is 14.1. The summed E-state index contributed by atoms with van der Waals surface area (Å²) in [4.78, 5) is 4.74. The van der Waals surface area contributed by atoms with E-state index < -0.39 is 0 Å². The highest BCUT2D eigenvalue weighted by Gasteiger charge is 2.31. The first-order valence-electron chi connectivity index (χ1n) is 8.10. The summed E-state index contributed by atoms with van der Waals surface area (Å²) in [5, 5.41) is 0. The average molecular weight is 301 g/mol. The third-order valence-corrected chi connectivity index (χ3v) is 4.95. The summed E-state index contributed by atoms with van der Waals surface area (Å²) in [6, 6.07) is 13.2. The molecule has 2 heteroatoms. The van der Waals surface area contributed by atoms with Gasteiger partial charge in [0.1, 0.15) is 5.69 Å². The van der Waals surface area contributed by atoms with Crippen molar-refractivity contribution >= 4 is 0 Å². The van der Waals surface area contributed by atoms with Gasteiger partial charge < -0.3 is 0 Å². The predicted molar refractivity (Wildman–Crippen MR) is 93.3 cm³/mol. The lowest BCUT2D eigenvalue weighted by Gasteiger charge is -2.11. The fraction of sp³-hybridized carbons (Fsp3) is 0.238. The lowest BCUT2D eigenvalue weighted by Crippen LogP contribution is -2.33. The van der Waals surface area contributed by atoms with Gasteiger partial charge in [0, 0.05) is 17.5 Å². The molecule has 0 fully saturated rings. The summed E-state index contributed by atoms with van der Waals surface area (Å²) in [7, 11) is 2.10. The van der Waals surface area contributed by atoms with Gasteiger partial charge in [-0.25, -0.2) is 4.57 Å². The van der Waals surface area contributed by atoms with Crippen molar-refractivity contribution in [2.24, 2.45) is 7.05 Å². The molecular weight excluding hydrogens is 280 g/mol. The van der Waals surface area contributed by atoms with E-state index in [0.29, 0.717) is 0 Å². The number of benzene rings is 2. The summed E-state index contributed by atoms with van der Waals surface area (Å²) in [6.07, 6.45) is 2.93. The molecule has 0 aliphatic heterocycles. The van der Waals surface area contributed by atoms with Crippen LogP contribution in [0.15, 0.2) is 42.7 Å². The lowest BCUT2D eigenvalue weighted by atomic mass is 9.97. The van der Waals surface area contributed by atoms with Crippen molar-refractivity contribution in [3.63, 3.8) is 0 Å². The van der Waals surface area contributed by atoms with Gasteiger partial charge in [-0.3, -0.25) is 0 Å². The predicted octanol–water partition coefficient (Wildman–Crippen LogP) is 4.07. The van der Waals surface area contributed by atoms with E-state index in [1.165, 1.54) is 44.6 Å². The van der Waals surface area contributed by atoms with E-state index in [0.717, 1.165) is 12.1 Å². The molecule has 4 rings (SSSR count). The smallest absolute Gasteiger partial charge is 0.232 e. The molecule has 0 bridgehead atoms. The van der Waals surface area contributed by atoms with Crippen LogP contribution in [-0.4, -0.2) is 4.98 Å². The molecular formula is C21H21N2+. The quantitative estimate of drug-likeness (QED) is 0.484. The molecule has 2 aromatic carbocycles. The molecule has 0 atom stereocenters. The summed E-state index contributed by atoms with van der Waals surface area (Å²) < 4.78 is 2.17. The monoisotopic (exact) mass is 301 g/mol. The van der Waals surface area contributed by atoms with Crippen LogP contribution < -0.4 is 4.57 Å². The van der Waals surface area contributed by atoms with Crippen LogP contribution in [0.1, 0.15) is 27.8 Å². The van der Waals surface area contributed by atoms with Crippen LogP contribution in [0.2, 0.25) is 0 Å². The van der Waals surface area contributed by atoms with Crippen LogP contribution in [0, 0.1) is 20.8 Å². The maximum Gasteiger partial charge on any atom is 0.287 e. The Morgan fingerprint density at radius 1 is 0.913 bits per heavy atom. The van der Waals surface area contributed by atoms with Gasteiger partial charge in [0.05, 0.1) is 12.6 Å². The zero-order valence-corrected chi connectivity index (χ0v) is 14.1. The van der Waals surface area contributed by atoms with Crippen LogP contribution in [-0.2, 0) is 13.5 Å². The normalized spacial score (nSPS) is 12.2. The fourth-order valence-corrected chi connectivity index (χ4v) is 3.68. The van der Waals surface area contributed by atoms with Gasteiger partial charge in [-0.05, 0) is 48.5 Å². The molecule has 23 heavy (non-hydrogen) atoms. The lowest BCUT2D eigenvalue weighted by molar-refractivity contribution is -0.663. The third kappa shape index (κ3) is 2.09. The number of nitrogens with zero attached hydrogens (tertiary/aromatic N) is 2. The molecule has 1 aromatic heterocycles. The molecule has 0 spiro atoms. The zero-order chi connectivity index (χ0) is 16.1. The maximum absolute atomic E-state index is 4.74. The van der Waals surface area contributed by atoms with Gasteiger partial charge >= 0.3 is 0 Å². The van der Waals surface area contributed by atoms with Crippen molar-refractivity contribution in [2.45, 2.75) is 27.2 Å². The van der Waals surface area contributed by atoms with Crippen molar-refractivity contribution in [3.05, 3.63) is 70.5 Å². The molecule has 2 nitrogen and oxygen atoms in total. The first-order valence-corrected chi connectivity index (χ1v) is 8.10. The van der Waals surface area contributed by atoms with Crippen molar-refractivity contribution < 1.29 is 4.57 Å². The maximum atomic E-state index is 4.74. The minimum atomic E-state index is 0.974. The molecule has 0 saturated heterocycles. The van der Waals surface area contributed by atoms with Crippen LogP contribution in [0.5, 0.6) is 0 Å². The highest BCUT2D eigenvalue weighted by atomic mass is 15.0. The molecule has 0 saturated carbocycles. The Kier molecular flexibility index (Phi) is 3.08. The number of hydrogen-bond donors (Lipinski definition) is 0. The van der Waals surface area contributed by atoms with Crippen molar-refractivity contribution in [1.82, 2.24) is 4.98 Å². The fourth-order valence-electron chi connectivity index (χ4n) is 3.68. The molecule has 0 N–H and O–H groups in total. The molecule has 114 valence electrons. The number of fused-ring (bicyclic) bond motifs is 3. The van der Waals surface area contributed by atoms with Crippen molar-refractivity contribution in [2.75, 3.05) is 0 Å². The largest absolute Gasteiger partial charge is 0.287 e. The molecule has 1 aliphatic rings. The summed E-state index contributed by atoms with van der Waals surface area (Å²) in [6.45, 7) is 6.54. The van der Waals surface area contributed by atoms with E-state index in [2.05, 4.69) is 68.8 Å². The van der Waals surface area contributed by atoms with Crippen LogP contribution in [0.3, 0.4) is 0 Å². The highest BCUT2D eigenvalue weighted by molar-refractivity contribution is 5.80. The Morgan fingerprint density at radius 2 is 1.74 bits per heavy atom. The van der Waals surface area contributed by atoms with E-state index in [1.54, 1.807) is 0 Å². The van der Waals surface area contributed by atoms with Gasteiger partial charge in [0.25, 0.3) is 6.33 Å². The van der Waals surface area contributed by atoms with Gasteiger partial charge in [-0.15, -0.1) is 0 Å². The van der Waals surface area contributed by atoms with Crippen LogP contribution in [0.25, 0.3) is 22.5 Å². The minimum absolute atomic E-state index is 0.974. The van der Waals surface area contributed by atoms with Crippen LogP contribution in [0.4, 0.5) is 0 Å². The number of hydrogen-bond acceptors (Lipinski definition) is 1. The third-order valence-electron chi connectivity index (χ3n) is 4.95. The number of rotatable bonds is 1. The van der Waals surface area contributed by atoms with E-state index in [4.69, 9.17) is 4.98 Å². The van der Waals surface area contributed by atoms with Gasteiger partial charge in [-0.1, -0.05) is 35.9 Å². The van der Waals surface area contributed by atoms with Crippen molar-refractivity contribution in [3.8, 4) is 22.5 Å². The SMILES string of the molecule is Cc1ccc(C)c(-c2c3c(nc[n+]2C)-c2cccc(C)c2C3)c1. The van der Waals surface area contributed by atoms with E-state index in [9.17, 15) is 0 Å². The number of aromatic nitrogens is 2. The molecule has 0 unspecified atom stereocenters. The Hall–Kier alpha value is -2.48. The van der Waals surface area contributed by atoms with E-state index in [1.807, 2.05) is 6.33 Å². The molecule has 1 heterocycles. The molecule has 3 aromatic rings. The average Bonchev–Trinajstić information content (AvgIpc) is 2.90. The Balaban J connectivity index is 2.02. The minimum Gasteiger partial charge on any atom is -0.232 e. The van der Waals surface area contributed by atoms with Crippen molar-refractivity contribution in [1.29, 1.82) is 0 Å². The van der Waals surface area contributed by atoms with Gasteiger partial charge in [0.15, 0.2) is 5.69 Å². The molecule has 1 aliphatic carbocycles. The summed E-state index contributed by atoms with van der Waals surface area (Å²) in [5.41, 5.74) is 11.8. The van der Waals surface area contributed by atoms with Gasteiger partial charge in [0.2, 0.25) is 0 Å². The first-order chi connectivity index (χ1) is 11.1. The van der Waals surface area contributed by atoms with E-state index >= 15 is 0 Å². The second kappa shape index (κ2) is 5.02. The summed E-state index contributed by atoms with van der Waals surface area (Å²) >= 11 is 0.